The lowest BCUT2D eigenvalue weighted by Gasteiger charge is -2.33. The molecule has 2 rings (SSSR count). The lowest BCUT2D eigenvalue weighted by Crippen LogP contribution is -2.37. The van der Waals surface area contributed by atoms with Crippen LogP contribution in [0.1, 0.15) is 19.3 Å². The van der Waals surface area contributed by atoms with E-state index < -0.39 is 0 Å². The van der Waals surface area contributed by atoms with Crippen LogP contribution in [0.2, 0.25) is 0 Å². The molecule has 2 aliphatic rings. The molecule has 3 atom stereocenters. The first kappa shape index (κ1) is 8.36. The molecule has 12 heavy (non-hydrogen) atoms. The predicted molar refractivity (Wildman–Crippen MR) is 48.1 cm³/mol. The van der Waals surface area contributed by atoms with Crippen LogP contribution in [0.15, 0.2) is 0 Å². The Morgan fingerprint density at radius 3 is 2.92 bits per heavy atom. The fraction of sp³-hybridized carbons (Fsp3) is 0.889. The molecule has 1 saturated carbocycles. The third kappa shape index (κ3) is 1.33. The minimum atomic E-state index is 0.263. The zero-order valence-corrected chi connectivity index (χ0v) is 7.81. The van der Waals surface area contributed by atoms with Crippen molar-refractivity contribution in [3.8, 4) is 0 Å². The number of alkyl halides is 1. The standard InChI is InChI=1S/C9H14ClNO/c10-4-6-3-7-1-2-8(7)9(12)11-5-6/h6-8H,1-5H2,(H,11,12)/t6-,7-,8-/m1/s1. The molecule has 0 spiro atoms. The minimum absolute atomic E-state index is 0.263. The molecule has 1 aliphatic carbocycles. The number of halogens is 1. The van der Waals surface area contributed by atoms with Gasteiger partial charge in [0, 0.05) is 18.3 Å². The highest BCUT2D eigenvalue weighted by atomic mass is 35.5. The summed E-state index contributed by atoms with van der Waals surface area (Å²) < 4.78 is 0. The maximum absolute atomic E-state index is 11.4. The van der Waals surface area contributed by atoms with E-state index in [1.807, 2.05) is 0 Å². The molecule has 2 nitrogen and oxygen atoms in total. The Balaban J connectivity index is 2.01. The third-order valence-corrected chi connectivity index (χ3v) is 3.61. The van der Waals surface area contributed by atoms with E-state index in [2.05, 4.69) is 5.32 Å². The molecule has 1 amide bonds. The average molecular weight is 188 g/mol. The van der Waals surface area contributed by atoms with E-state index in [0.717, 1.165) is 19.4 Å². The topological polar surface area (TPSA) is 29.1 Å². The van der Waals surface area contributed by atoms with Gasteiger partial charge in [0.2, 0.25) is 5.91 Å². The van der Waals surface area contributed by atoms with E-state index in [1.54, 1.807) is 0 Å². The van der Waals surface area contributed by atoms with Crippen LogP contribution < -0.4 is 5.32 Å². The molecule has 1 aliphatic heterocycles. The summed E-state index contributed by atoms with van der Waals surface area (Å²) in [4.78, 5) is 11.4. The second-order valence-corrected chi connectivity index (χ2v) is 4.25. The Kier molecular flexibility index (Phi) is 2.26. The van der Waals surface area contributed by atoms with Crippen molar-refractivity contribution < 1.29 is 4.79 Å². The maximum Gasteiger partial charge on any atom is 0.223 e. The lowest BCUT2D eigenvalue weighted by atomic mass is 9.70. The second-order valence-electron chi connectivity index (χ2n) is 3.95. The van der Waals surface area contributed by atoms with Gasteiger partial charge in [-0.2, -0.15) is 0 Å². The Labute approximate surface area is 77.7 Å². The molecule has 0 aromatic heterocycles. The van der Waals surface area contributed by atoms with Crippen LogP contribution in [0.25, 0.3) is 0 Å². The van der Waals surface area contributed by atoms with Gasteiger partial charge in [-0.15, -0.1) is 11.6 Å². The van der Waals surface area contributed by atoms with E-state index in [0.29, 0.717) is 23.6 Å². The van der Waals surface area contributed by atoms with Crippen molar-refractivity contribution in [2.75, 3.05) is 12.4 Å². The Morgan fingerprint density at radius 1 is 1.50 bits per heavy atom. The molecule has 0 unspecified atom stereocenters. The predicted octanol–water partition coefficient (Wildman–Crippen LogP) is 1.39. The van der Waals surface area contributed by atoms with Gasteiger partial charge in [0.15, 0.2) is 0 Å². The largest absolute Gasteiger partial charge is 0.356 e. The fourth-order valence-corrected chi connectivity index (χ4v) is 2.44. The Hall–Kier alpha value is -0.240. The van der Waals surface area contributed by atoms with E-state index in [-0.39, 0.29) is 5.91 Å². The van der Waals surface area contributed by atoms with Gasteiger partial charge in [-0.05, 0) is 31.1 Å². The molecule has 68 valence electrons. The van der Waals surface area contributed by atoms with E-state index in [1.165, 1.54) is 6.42 Å². The summed E-state index contributed by atoms with van der Waals surface area (Å²) in [5.74, 6) is 2.41. The van der Waals surface area contributed by atoms with Gasteiger partial charge >= 0.3 is 0 Å². The summed E-state index contributed by atoms with van der Waals surface area (Å²) in [7, 11) is 0. The van der Waals surface area contributed by atoms with Crippen LogP contribution in [0.3, 0.4) is 0 Å². The number of nitrogens with one attached hydrogen (secondary N) is 1. The van der Waals surface area contributed by atoms with Crippen LogP contribution >= 0.6 is 11.6 Å². The maximum atomic E-state index is 11.4. The molecule has 1 heterocycles. The number of carbonyl (C=O) groups excluding carboxylic acids is 1. The smallest absolute Gasteiger partial charge is 0.223 e. The third-order valence-electron chi connectivity index (χ3n) is 3.17. The number of hydrogen-bond acceptors (Lipinski definition) is 1. The van der Waals surface area contributed by atoms with E-state index in [4.69, 9.17) is 11.6 Å². The highest BCUT2D eigenvalue weighted by Gasteiger charge is 2.39. The van der Waals surface area contributed by atoms with Gasteiger partial charge in [-0.1, -0.05) is 0 Å². The monoisotopic (exact) mass is 187 g/mol. The minimum Gasteiger partial charge on any atom is -0.356 e. The van der Waals surface area contributed by atoms with Gasteiger partial charge in [0.1, 0.15) is 0 Å². The Bertz CT molecular complexity index is 195. The number of carbonyl (C=O) groups is 1. The first-order valence-corrected chi connectivity index (χ1v) is 5.18. The summed E-state index contributed by atoms with van der Waals surface area (Å²) in [6.07, 6.45) is 3.46. The summed E-state index contributed by atoms with van der Waals surface area (Å²) in [6, 6.07) is 0. The van der Waals surface area contributed by atoms with E-state index in [9.17, 15) is 4.79 Å². The molecule has 0 bridgehead atoms. The van der Waals surface area contributed by atoms with Crippen molar-refractivity contribution in [2.24, 2.45) is 17.8 Å². The van der Waals surface area contributed by atoms with Gasteiger partial charge in [-0.3, -0.25) is 4.79 Å². The summed E-state index contributed by atoms with van der Waals surface area (Å²) in [5.41, 5.74) is 0. The van der Waals surface area contributed by atoms with Crippen LogP contribution in [0.4, 0.5) is 0 Å². The summed E-state index contributed by atoms with van der Waals surface area (Å²) >= 11 is 5.79. The number of fused-ring (bicyclic) bond motifs is 1. The molecule has 0 aromatic rings. The second kappa shape index (κ2) is 3.25. The SMILES string of the molecule is O=C1NC[C@@H](CCl)C[C@H]2CC[C@@H]12. The molecule has 0 radical (unpaired) electrons. The van der Waals surface area contributed by atoms with Crippen LogP contribution in [0, 0.1) is 17.8 Å². The normalized spacial score (nSPS) is 40.8. The molecule has 2 fully saturated rings. The molecular weight excluding hydrogens is 174 g/mol. The van der Waals surface area contributed by atoms with E-state index >= 15 is 0 Å². The highest BCUT2D eigenvalue weighted by Crippen LogP contribution is 2.40. The first-order chi connectivity index (χ1) is 5.81. The van der Waals surface area contributed by atoms with Crippen molar-refractivity contribution in [1.29, 1.82) is 0 Å². The molecular formula is C9H14ClNO. The van der Waals surface area contributed by atoms with Crippen LogP contribution in [-0.4, -0.2) is 18.3 Å². The molecule has 1 saturated heterocycles. The number of hydrogen-bond donors (Lipinski definition) is 1. The summed E-state index contributed by atoms with van der Waals surface area (Å²) in [6.45, 7) is 0.787. The van der Waals surface area contributed by atoms with Crippen molar-refractivity contribution in [2.45, 2.75) is 19.3 Å². The number of amides is 1. The van der Waals surface area contributed by atoms with Crippen molar-refractivity contribution >= 4 is 17.5 Å². The van der Waals surface area contributed by atoms with Gasteiger partial charge in [-0.25, -0.2) is 0 Å². The van der Waals surface area contributed by atoms with Gasteiger partial charge < -0.3 is 5.32 Å². The first-order valence-electron chi connectivity index (χ1n) is 4.65. The fourth-order valence-electron chi connectivity index (χ4n) is 2.20. The lowest BCUT2D eigenvalue weighted by molar-refractivity contribution is -0.129. The zero-order valence-electron chi connectivity index (χ0n) is 7.05. The van der Waals surface area contributed by atoms with Gasteiger partial charge in [0.05, 0.1) is 0 Å². The zero-order chi connectivity index (χ0) is 8.55. The molecule has 1 N–H and O–H groups in total. The van der Waals surface area contributed by atoms with Gasteiger partial charge in [0.25, 0.3) is 0 Å². The molecule has 0 aromatic carbocycles. The highest BCUT2D eigenvalue weighted by molar-refractivity contribution is 6.18. The van der Waals surface area contributed by atoms with Crippen LogP contribution in [0.5, 0.6) is 0 Å². The Morgan fingerprint density at radius 2 is 2.33 bits per heavy atom. The van der Waals surface area contributed by atoms with Crippen molar-refractivity contribution in [1.82, 2.24) is 5.32 Å². The average Bonchev–Trinajstić information content (AvgIpc) is 2.11. The van der Waals surface area contributed by atoms with Crippen molar-refractivity contribution in [3.05, 3.63) is 0 Å². The number of rotatable bonds is 1. The quantitative estimate of drug-likeness (QED) is 0.618. The van der Waals surface area contributed by atoms with Crippen molar-refractivity contribution in [3.63, 3.8) is 0 Å². The van der Waals surface area contributed by atoms with Crippen LogP contribution in [-0.2, 0) is 4.79 Å². The summed E-state index contributed by atoms with van der Waals surface area (Å²) in [5, 5.41) is 2.95. The molecule has 3 heteroatoms.